The highest BCUT2D eigenvalue weighted by Gasteiger charge is 2.49. The lowest BCUT2D eigenvalue weighted by molar-refractivity contribution is -0.155. The predicted octanol–water partition coefficient (Wildman–Crippen LogP) is 4.48. The van der Waals surface area contributed by atoms with Crippen LogP contribution in [0.15, 0.2) is 36.4 Å². The number of hydrogen-bond donors (Lipinski definition) is 1. The second kappa shape index (κ2) is 15.8. The number of ether oxygens (including phenoxy) is 1. The van der Waals surface area contributed by atoms with Crippen molar-refractivity contribution < 1.29 is 28.7 Å². The minimum absolute atomic E-state index is 0.0761. The fourth-order valence-corrected chi connectivity index (χ4v) is 10.9. The summed E-state index contributed by atoms with van der Waals surface area (Å²) in [7, 11) is 0. The lowest BCUT2D eigenvalue weighted by atomic mass is 9.72. The minimum Gasteiger partial charge on any atom is -0.490 e. The zero-order chi connectivity index (χ0) is 41.0. The van der Waals surface area contributed by atoms with Gasteiger partial charge in [0, 0.05) is 62.4 Å². The molecular weight excluding hydrogens is 794 g/mol. The van der Waals surface area contributed by atoms with E-state index < -0.39 is 29.7 Å². The topological polar surface area (TPSA) is 186 Å². The summed E-state index contributed by atoms with van der Waals surface area (Å²) >= 11 is 7.44. The normalized spacial score (nSPS) is 25.0. The summed E-state index contributed by atoms with van der Waals surface area (Å²) in [6, 6.07) is 11.0. The van der Waals surface area contributed by atoms with Gasteiger partial charge in [-0.05, 0) is 107 Å². The van der Waals surface area contributed by atoms with E-state index in [9.17, 15) is 24.0 Å². The van der Waals surface area contributed by atoms with Crippen LogP contribution in [0, 0.1) is 22.7 Å². The van der Waals surface area contributed by atoms with E-state index >= 15 is 0 Å². The van der Waals surface area contributed by atoms with Crippen LogP contribution in [0.25, 0.3) is 0 Å². The molecule has 15 nitrogen and oxygen atoms in total. The van der Waals surface area contributed by atoms with Crippen molar-refractivity contribution in [1.82, 2.24) is 24.9 Å². The van der Waals surface area contributed by atoms with Crippen molar-refractivity contribution >= 4 is 63.3 Å². The van der Waals surface area contributed by atoms with Gasteiger partial charge in [-0.25, -0.2) is 0 Å². The first-order valence-corrected chi connectivity index (χ1v) is 21.8. The summed E-state index contributed by atoms with van der Waals surface area (Å²) in [5.74, 6) is -1.15. The average Bonchev–Trinajstić information content (AvgIpc) is 3.81. The SMILES string of the molecule is N#Cc1ccc(OC2CCC(N3C(=O)CCC(N4C(=O)c5ccc(N6CCC(CN7CCC8(CC7)CN(c7nnc(C(N)=O)s7)C8)CC6)cc5C4=O)C3=O)CC2)cc1Cl. The molecule has 5 aliphatic heterocycles. The highest BCUT2D eigenvalue weighted by molar-refractivity contribution is 7.17. The molecule has 0 radical (unpaired) electrons. The molecule has 2 N–H and O–H groups in total. The molecule has 1 aliphatic carbocycles. The Morgan fingerprint density at radius 2 is 1.61 bits per heavy atom. The number of benzene rings is 2. The van der Waals surface area contributed by atoms with Crippen LogP contribution in [0.1, 0.15) is 100 Å². The molecule has 1 saturated carbocycles. The number of amides is 5. The van der Waals surface area contributed by atoms with Gasteiger partial charge in [0.25, 0.3) is 23.6 Å². The second-order valence-electron chi connectivity index (χ2n) is 17.0. The molecule has 1 spiro atoms. The van der Waals surface area contributed by atoms with Gasteiger partial charge in [0.05, 0.1) is 27.8 Å². The number of carbonyl (C=O) groups is 5. The Bertz CT molecular complexity index is 2230. The Morgan fingerprint density at radius 1 is 0.881 bits per heavy atom. The molecule has 59 heavy (non-hydrogen) atoms. The third-order valence-corrected chi connectivity index (χ3v) is 14.7. The van der Waals surface area contributed by atoms with E-state index in [2.05, 4.69) is 24.9 Å². The lowest BCUT2D eigenvalue weighted by Gasteiger charge is -2.54. The number of nitrogens with two attached hydrogens (primary N) is 1. The largest absolute Gasteiger partial charge is 0.490 e. The van der Waals surface area contributed by atoms with E-state index in [1.807, 2.05) is 12.1 Å². The molecule has 4 saturated heterocycles. The average molecular weight is 840 g/mol. The van der Waals surface area contributed by atoms with E-state index in [0.29, 0.717) is 64.5 Å². The van der Waals surface area contributed by atoms with Crippen LogP contribution in [-0.4, -0.2) is 118 Å². The number of anilines is 2. The van der Waals surface area contributed by atoms with Gasteiger partial charge in [0.15, 0.2) is 0 Å². The standard InChI is InChI=1S/C42H46ClN9O6S/c43-33-20-30(5-1-26(33)21-44)58-29-6-2-27(3-7-29)51-35(53)10-9-34(40(51)57)52-38(55)31-8-4-28(19-32(31)39(52)56)49-15-11-25(12-16-49)22-48-17-13-42(14-18-48)23-50(24-42)41-47-46-37(59-41)36(45)54/h1,4-5,8,19-20,25,27,29,34H,2-3,6-7,9-18,22-24H2,(H2,45,54). The Labute approximate surface area is 351 Å². The van der Waals surface area contributed by atoms with Gasteiger partial charge in [-0.1, -0.05) is 22.9 Å². The van der Waals surface area contributed by atoms with Crippen molar-refractivity contribution in [3.8, 4) is 11.8 Å². The number of carbonyl (C=O) groups excluding carboxylic acids is 5. The number of nitrogens with zero attached hydrogens (tertiary/aromatic N) is 8. The number of aromatic nitrogens is 2. The Kier molecular flexibility index (Phi) is 10.6. The zero-order valence-corrected chi connectivity index (χ0v) is 34.3. The summed E-state index contributed by atoms with van der Waals surface area (Å²) in [6.07, 6.45) is 6.65. The Hall–Kier alpha value is -5.11. The van der Waals surface area contributed by atoms with Crippen molar-refractivity contribution in [2.45, 2.75) is 82.4 Å². The number of fused-ring (bicyclic) bond motifs is 1. The number of halogens is 1. The van der Waals surface area contributed by atoms with Crippen LogP contribution in [-0.2, 0) is 9.59 Å². The number of primary amides is 1. The summed E-state index contributed by atoms with van der Waals surface area (Å²) in [5, 5.41) is 18.6. The van der Waals surface area contributed by atoms with Gasteiger partial charge in [0.1, 0.15) is 17.9 Å². The summed E-state index contributed by atoms with van der Waals surface area (Å²) in [5.41, 5.74) is 7.51. The van der Waals surface area contributed by atoms with Crippen LogP contribution < -0.4 is 20.3 Å². The first kappa shape index (κ1) is 39.4. The van der Waals surface area contributed by atoms with Crippen LogP contribution in [0.4, 0.5) is 10.8 Å². The van der Waals surface area contributed by atoms with Crippen molar-refractivity contribution in [2.75, 3.05) is 55.6 Å². The monoisotopic (exact) mass is 839 g/mol. The van der Waals surface area contributed by atoms with Crippen LogP contribution in [0.3, 0.4) is 0 Å². The van der Waals surface area contributed by atoms with Crippen LogP contribution in [0.5, 0.6) is 5.75 Å². The van der Waals surface area contributed by atoms with E-state index in [4.69, 9.17) is 27.3 Å². The quantitative estimate of drug-likeness (QED) is 0.298. The maximum atomic E-state index is 14.0. The maximum Gasteiger partial charge on any atom is 0.279 e. The molecule has 2 aromatic carbocycles. The first-order valence-electron chi connectivity index (χ1n) is 20.6. The molecule has 6 aliphatic rings. The molecule has 1 aromatic heterocycles. The molecule has 308 valence electrons. The molecule has 5 fully saturated rings. The van der Waals surface area contributed by atoms with Crippen molar-refractivity contribution in [3.05, 3.63) is 63.1 Å². The highest BCUT2D eigenvalue weighted by Crippen LogP contribution is 2.44. The molecule has 17 heteroatoms. The molecule has 5 amide bonds. The molecular formula is C42H46ClN9O6S. The van der Waals surface area contributed by atoms with Crippen molar-refractivity contribution in [3.63, 3.8) is 0 Å². The van der Waals surface area contributed by atoms with E-state index in [1.54, 1.807) is 30.3 Å². The summed E-state index contributed by atoms with van der Waals surface area (Å²) in [6.45, 7) is 6.77. The van der Waals surface area contributed by atoms with E-state index in [1.165, 1.54) is 16.2 Å². The van der Waals surface area contributed by atoms with E-state index in [0.717, 1.165) is 87.2 Å². The van der Waals surface area contributed by atoms with Crippen molar-refractivity contribution in [2.24, 2.45) is 17.1 Å². The van der Waals surface area contributed by atoms with Gasteiger partial charge in [0.2, 0.25) is 16.0 Å². The molecule has 1 atom stereocenters. The lowest BCUT2D eigenvalue weighted by Crippen LogP contribution is -2.60. The number of rotatable bonds is 9. The van der Waals surface area contributed by atoms with Crippen molar-refractivity contribution in [1.29, 1.82) is 5.26 Å². The highest BCUT2D eigenvalue weighted by atomic mass is 35.5. The van der Waals surface area contributed by atoms with Gasteiger partial charge < -0.3 is 25.2 Å². The molecule has 6 heterocycles. The number of likely N-dealkylation sites (tertiary alicyclic amines) is 2. The second-order valence-corrected chi connectivity index (χ2v) is 18.4. The predicted molar refractivity (Wildman–Crippen MR) is 218 cm³/mol. The number of nitriles is 1. The fraction of sp³-hybridized carbons (Fsp3) is 0.524. The number of hydrogen-bond acceptors (Lipinski definition) is 13. The van der Waals surface area contributed by atoms with E-state index in [-0.39, 0.29) is 35.9 Å². The maximum absolute atomic E-state index is 14.0. The number of piperidine rings is 3. The molecule has 0 bridgehead atoms. The smallest absolute Gasteiger partial charge is 0.279 e. The Morgan fingerprint density at radius 3 is 2.29 bits per heavy atom. The minimum atomic E-state index is -1.03. The zero-order valence-electron chi connectivity index (χ0n) is 32.7. The van der Waals surface area contributed by atoms with Gasteiger partial charge >= 0.3 is 0 Å². The molecule has 3 aromatic rings. The third kappa shape index (κ3) is 7.53. The Balaban J connectivity index is 0.759. The van der Waals surface area contributed by atoms with Crippen LogP contribution >= 0.6 is 22.9 Å². The third-order valence-electron chi connectivity index (χ3n) is 13.4. The molecule has 9 rings (SSSR count). The molecule has 1 unspecified atom stereocenters. The first-order chi connectivity index (χ1) is 28.5. The summed E-state index contributed by atoms with van der Waals surface area (Å²) < 4.78 is 6.11. The summed E-state index contributed by atoms with van der Waals surface area (Å²) in [4.78, 5) is 75.8. The van der Waals surface area contributed by atoms with Gasteiger partial charge in [-0.3, -0.25) is 33.8 Å². The van der Waals surface area contributed by atoms with Gasteiger partial charge in [-0.15, -0.1) is 10.2 Å². The number of imide groups is 2. The van der Waals surface area contributed by atoms with Gasteiger partial charge in [-0.2, -0.15) is 5.26 Å². The fourth-order valence-electron chi connectivity index (χ4n) is 10.0. The van der Waals surface area contributed by atoms with Crippen LogP contribution in [0.2, 0.25) is 5.02 Å².